The fourth-order valence-electron chi connectivity index (χ4n) is 4.67. The molecule has 2 aliphatic rings. The van der Waals surface area contributed by atoms with Gasteiger partial charge < -0.3 is 4.84 Å². The Labute approximate surface area is 174 Å². The molecule has 0 amide bonds. The summed E-state index contributed by atoms with van der Waals surface area (Å²) in [6, 6.07) is 16.9. The molecule has 1 heterocycles. The molecular formula is C24H19Cl2NO. The van der Waals surface area contributed by atoms with Crippen molar-refractivity contribution in [3.05, 3.63) is 92.0 Å². The van der Waals surface area contributed by atoms with Gasteiger partial charge in [0.2, 0.25) is 0 Å². The third-order valence-electron chi connectivity index (χ3n) is 6.04. The maximum absolute atomic E-state index is 6.61. The summed E-state index contributed by atoms with van der Waals surface area (Å²) in [4.78, 5) is 6.03. The van der Waals surface area contributed by atoms with Crippen molar-refractivity contribution in [1.82, 2.24) is 0 Å². The Morgan fingerprint density at radius 2 is 1.29 bits per heavy atom. The molecule has 1 aliphatic heterocycles. The van der Waals surface area contributed by atoms with Crippen molar-refractivity contribution in [3.8, 4) is 11.1 Å². The molecule has 0 radical (unpaired) electrons. The Morgan fingerprint density at radius 1 is 0.750 bits per heavy atom. The van der Waals surface area contributed by atoms with Gasteiger partial charge in [-0.25, -0.2) is 0 Å². The van der Waals surface area contributed by atoms with Crippen molar-refractivity contribution in [2.45, 2.75) is 32.8 Å². The zero-order valence-corrected chi connectivity index (χ0v) is 17.4. The molecule has 1 aliphatic carbocycles. The van der Waals surface area contributed by atoms with Crippen LogP contribution in [-0.2, 0) is 4.84 Å². The topological polar surface area (TPSA) is 21.6 Å². The molecule has 0 saturated carbocycles. The number of nitrogens with zero attached hydrogens (tertiary/aromatic N) is 1. The van der Waals surface area contributed by atoms with Gasteiger partial charge >= 0.3 is 0 Å². The third-order valence-corrected chi connectivity index (χ3v) is 7.17. The number of oxime groups is 1. The summed E-state index contributed by atoms with van der Waals surface area (Å²) in [5, 5.41) is 5.97. The van der Waals surface area contributed by atoms with Crippen LogP contribution in [-0.4, -0.2) is 5.71 Å². The molecule has 0 unspecified atom stereocenters. The molecule has 28 heavy (non-hydrogen) atoms. The van der Waals surface area contributed by atoms with Crippen molar-refractivity contribution in [3.63, 3.8) is 0 Å². The molecule has 0 saturated heterocycles. The lowest BCUT2D eigenvalue weighted by Gasteiger charge is -2.30. The Balaban J connectivity index is 1.76. The van der Waals surface area contributed by atoms with Crippen molar-refractivity contribution in [1.29, 1.82) is 0 Å². The average Bonchev–Trinajstić information content (AvgIpc) is 3.16. The Kier molecular flexibility index (Phi) is 4.04. The molecule has 0 spiro atoms. The van der Waals surface area contributed by atoms with E-state index in [4.69, 9.17) is 28.0 Å². The molecule has 3 aromatic rings. The van der Waals surface area contributed by atoms with E-state index in [0.29, 0.717) is 10.0 Å². The third kappa shape index (κ3) is 2.31. The van der Waals surface area contributed by atoms with Crippen LogP contribution in [0.2, 0.25) is 10.0 Å². The lowest BCUT2D eigenvalue weighted by molar-refractivity contribution is 0.0756. The SMILES string of the molecule is Cc1c(Cl)c(C)c(C2=NO[C@@H]3c4ccccc4-c4ccccc4[C@H]23)c(C)c1Cl. The van der Waals surface area contributed by atoms with Gasteiger partial charge in [-0.1, -0.05) is 76.9 Å². The standard InChI is InChI=1S/C24H19Cl2NO/c1-12-19(13(2)22(26)14(3)21(12)25)23-20-17-10-6-4-8-15(17)16-9-5-7-11-18(16)24(20)28-27-23/h4-11,20,24H,1-3H3/t20-,24-/m1/s1. The molecule has 0 fully saturated rings. The fourth-order valence-corrected chi connectivity index (χ4v) is 5.10. The molecule has 2 nitrogen and oxygen atoms in total. The maximum Gasteiger partial charge on any atom is 0.165 e. The molecule has 5 rings (SSSR count). The van der Waals surface area contributed by atoms with E-state index in [9.17, 15) is 0 Å². The number of rotatable bonds is 1. The Hall–Kier alpha value is -2.29. The predicted molar refractivity (Wildman–Crippen MR) is 116 cm³/mol. The highest BCUT2D eigenvalue weighted by atomic mass is 35.5. The summed E-state index contributed by atoms with van der Waals surface area (Å²) in [6.07, 6.45) is -0.140. The van der Waals surface area contributed by atoms with E-state index in [-0.39, 0.29) is 12.0 Å². The molecule has 4 heteroatoms. The van der Waals surface area contributed by atoms with Gasteiger partial charge in [0.05, 0.1) is 11.6 Å². The average molecular weight is 408 g/mol. The molecule has 0 N–H and O–H groups in total. The number of benzene rings is 3. The van der Waals surface area contributed by atoms with E-state index in [0.717, 1.165) is 28.0 Å². The van der Waals surface area contributed by atoms with E-state index in [1.54, 1.807) is 0 Å². The number of hydrogen-bond acceptors (Lipinski definition) is 2. The first-order valence-corrected chi connectivity index (χ1v) is 10.1. The molecular weight excluding hydrogens is 389 g/mol. The van der Waals surface area contributed by atoms with Crippen LogP contribution in [0.25, 0.3) is 11.1 Å². The van der Waals surface area contributed by atoms with E-state index < -0.39 is 0 Å². The van der Waals surface area contributed by atoms with Crippen LogP contribution in [0.4, 0.5) is 0 Å². The zero-order chi connectivity index (χ0) is 19.6. The van der Waals surface area contributed by atoms with Crippen LogP contribution >= 0.6 is 23.2 Å². The van der Waals surface area contributed by atoms with Crippen molar-refractivity contribution < 1.29 is 4.84 Å². The molecule has 140 valence electrons. The van der Waals surface area contributed by atoms with Crippen molar-refractivity contribution in [2.24, 2.45) is 5.16 Å². The Bertz CT molecular complexity index is 1140. The highest BCUT2D eigenvalue weighted by molar-refractivity contribution is 6.38. The van der Waals surface area contributed by atoms with Crippen LogP contribution in [0.15, 0.2) is 53.7 Å². The second-order valence-corrected chi connectivity index (χ2v) is 8.29. The van der Waals surface area contributed by atoms with Gasteiger partial charge in [-0.15, -0.1) is 0 Å². The predicted octanol–water partition coefficient (Wildman–Crippen LogP) is 7.16. The van der Waals surface area contributed by atoms with Gasteiger partial charge in [-0.3, -0.25) is 0 Å². The van der Waals surface area contributed by atoms with Crippen molar-refractivity contribution in [2.75, 3.05) is 0 Å². The van der Waals surface area contributed by atoms with E-state index in [1.165, 1.54) is 22.3 Å². The largest absolute Gasteiger partial charge is 0.386 e. The highest BCUT2D eigenvalue weighted by Gasteiger charge is 2.44. The number of halogens is 2. The second kappa shape index (κ2) is 6.37. The maximum atomic E-state index is 6.61. The molecule has 2 atom stereocenters. The summed E-state index contributed by atoms with van der Waals surface area (Å²) in [5.41, 5.74) is 9.67. The Morgan fingerprint density at radius 3 is 1.93 bits per heavy atom. The first-order chi connectivity index (χ1) is 13.5. The summed E-state index contributed by atoms with van der Waals surface area (Å²) in [5.74, 6) is 0.0124. The van der Waals surface area contributed by atoms with Gasteiger partial charge in [0, 0.05) is 21.2 Å². The van der Waals surface area contributed by atoms with Crippen LogP contribution in [0, 0.1) is 20.8 Å². The second-order valence-electron chi connectivity index (χ2n) is 7.53. The first-order valence-electron chi connectivity index (χ1n) is 9.37. The lowest BCUT2D eigenvalue weighted by atomic mass is 9.73. The monoisotopic (exact) mass is 407 g/mol. The number of hydrogen-bond donors (Lipinski definition) is 0. The summed E-state index contributed by atoms with van der Waals surface area (Å²) in [7, 11) is 0. The smallest absolute Gasteiger partial charge is 0.165 e. The summed E-state index contributed by atoms with van der Waals surface area (Å²) < 4.78 is 0. The van der Waals surface area contributed by atoms with Crippen LogP contribution in [0.5, 0.6) is 0 Å². The van der Waals surface area contributed by atoms with Crippen LogP contribution in [0.3, 0.4) is 0 Å². The van der Waals surface area contributed by atoms with Crippen LogP contribution < -0.4 is 0 Å². The van der Waals surface area contributed by atoms with Gasteiger partial charge in [0.15, 0.2) is 6.10 Å². The molecule has 3 aromatic carbocycles. The lowest BCUT2D eigenvalue weighted by Crippen LogP contribution is -2.22. The molecule has 0 bridgehead atoms. The fraction of sp³-hybridized carbons (Fsp3) is 0.208. The van der Waals surface area contributed by atoms with Gasteiger partial charge in [-0.2, -0.15) is 0 Å². The minimum Gasteiger partial charge on any atom is -0.386 e. The van der Waals surface area contributed by atoms with Crippen molar-refractivity contribution >= 4 is 28.9 Å². The van der Waals surface area contributed by atoms with E-state index in [2.05, 4.69) is 53.7 Å². The summed E-state index contributed by atoms with van der Waals surface area (Å²) in [6.45, 7) is 6.02. The van der Waals surface area contributed by atoms with Gasteiger partial charge in [-0.05, 0) is 54.2 Å². The van der Waals surface area contributed by atoms with E-state index in [1.807, 2.05) is 20.8 Å². The number of fused-ring (bicyclic) bond motifs is 6. The quantitative estimate of drug-likeness (QED) is 0.419. The van der Waals surface area contributed by atoms with Crippen LogP contribution in [0.1, 0.15) is 45.4 Å². The molecule has 0 aromatic heterocycles. The van der Waals surface area contributed by atoms with E-state index >= 15 is 0 Å². The van der Waals surface area contributed by atoms with Gasteiger partial charge in [0.25, 0.3) is 0 Å². The minimum atomic E-state index is -0.140. The first kappa shape index (κ1) is 17.8. The summed E-state index contributed by atoms with van der Waals surface area (Å²) >= 11 is 13.2. The highest BCUT2D eigenvalue weighted by Crippen LogP contribution is 2.52. The van der Waals surface area contributed by atoms with Gasteiger partial charge in [0.1, 0.15) is 0 Å². The normalized spacial score (nSPS) is 19.4. The zero-order valence-electron chi connectivity index (χ0n) is 15.9. The minimum absolute atomic E-state index is 0.0124.